The fourth-order valence-corrected chi connectivity index (χ4v) is 4.01. The van der Waals surface area contributed by atoms with Crippen molar-refractivity contribution in [1.82, 2.24) is 4.98 Å². The molecule has 192 valence electrons. The van der Waals surface area contributed by atoms with E-state index in [9.17, 15) is 9.90 Å². The van der Waals surface area contributed by atoms with Crippen molar-refractivity contribution < 1.29 is 23.8 Å². The van der Waals surface area contributed by atoms with Crippen LogP contribution in [0, 0.1) is 6.92 Å². The average molecular weight is 500 g/mol. The van der Waals surface area contributed by atoms with Crippen molar-refractivity contribution in [3.63, 3.8) is 0 Å². The Balaban J connectivity index is 1.40. The average Bonchev–Trinajstić information content (AvgIpc) is 3.26. The van der Waals surface area contributed by atoms with Crippen LogP contribution in [0.25, 0.3) is 22.6 Å². The highest BCUT2D eigenvalue weighted by molar-refractivity contribution is 5.77. The quantitative estimate of drug-likeness (QED) is 0.236. The number of carboxylic acid groups (broad SMARTS) is 1. The molecule has 0 aliphatic carbocycles. The number of aromatic nitrogens is 1. The van der Waals surface area contributed by atoms with Gasteiger partial charge in [-0.15, -0.1) is 0 Å². The van der Waals surface area contributed by atoms with E-state index in [4.69, 9.17) is 18.9 Å². The zero-order chi connectivity index (χ0) is 26.4. The smallest absolute Gasteiger partial charge is 0.347 e. The zero-order valence-electron chi connectivity index (χ0n) is 21.8. The highest BCUT2D eigenvalue weighted by Crippen LogP contribution is 2.30. The predicted molar refractivity (Wildman–Crippen MR) is 144 cm³/mol. The van der Waals surface area contributed by atoms with E-state index in [-0.39, 0.29) is 0 Å². The molecule has 1 N–H and O–H groups in total. The minimum atomic E-state index is -1.31. The molecule has 6 heteroatoms. The van der Waals surface area contributed by atoms with Crippen LogP contribution in [0.1, 0.15) is 44.2 Å². The van der Waals surface area contributed by atoms with Crippen LogP contribution in [0.5, 0.6) is 11.5 Å². The van der Waals surface area contributed by atoms with Gasteiger partial charge in [-0.1, -0.05) is 55.8 Å². The van der Waals surface area contributed by atoms with Crippen molar-refractivity contribution >= 4 is 5.97 Å². The van der Waals surface area contributed by atoms with Crippen LogP contribution in [0.15, 0.2) is 77.2 Å². The summed E-state index contributed by atoms with van der Waals surface area (Å²) in [6, 6.07) is 24.0. The van der Waals surface area contributed by atoms with E-state index in [1.807, 2.05) is 49.4 Å². The van der Waals surface area contributed by atoms with Crippen LogP contribution in [-0.2, 0) is 17.6 Å². The summed E-state index contributed by atoms with van der Waals surface area (Å²) in [6.07, 6.45) is 2.27. The van der Waals surface area contributed by atoms with E-state index in [0.29, 0.717) is 30.4 Å². The van der Waals surface area contributed by atoms with Crippen molar-refractivity contribution in [2.45, 2.75) is 52.6 Å². The number of aliphatic carboxylic acids is 1. The molecule has 4 rings (SSSR count). The van der Waals surface area contributed by atoms with Crippen molar-refractivity contribution in [3.05, 3.63) is 89.8 Å². The third kappa shape index (κ3) is 6.39. The molecule has 1 heterocycles. The van der Waals surface area contributed by atoms with E-state index < -0.39 is 11.6 Å². The first kappa shape index (κ1) is 26.0. The van der Waals surface area contributed by atoms with Gasteiger partial charge in [0.05, 0.1) is 12.3 Å². The molecule has 0 spiro atoms. The van der Waals surface area contributed by atoms with Gasteiger partial charge in [0.15, 0.2) is 5.60 Å². The molecular formula is C31H33NO5. The predicted octanol–water partition coefficient (Wildman–Crippen LogP) is 7.13. The molecule has 1 aromatic heterocycles. The van der Waals surface area contributed by atoms with Crippen LogP contribution >= 0.6 is 0 Å². The Morgan fingerprint density at radius 1 is 0.946 bits per heavy atom. The summed E-state index contributed by atoms with van der Waals surface area (Å²) in [6.45, 7) is 7.51. The van der Waals surface area contributed by atoms with Crippen LogP contribution in [-0.4, -0.2) is 28.3 Å². The number of carbonyl (C=O) groups is 1. The molecule has 0 saturated carbocycles. The molecule has 0 fully saturated rings. The van der Waals surface area contributed by atoms with Crippen molar-refractivity contribution in [1.29, 1.82) is 0 Å². The molecule has 37 heavy (non-hydrogen) atoms. The van der Waals surface area contributed by atoms with Crippen LogP contribution in [0.2, 0.25) is 0 Å². The maximum Gasteiger partial charge on any atom is 0.347 e. The molecule has 4 aromatic rings. The second-order valence-corrected chi connectivity index (χ2v) is 9.50. The van der Waals surface area contributed by atoms with E-state index >= 15 is 0 Å². The maximum atomic E-state index is 11.5. The second-order valence-electron chi connectivity index (χ2n) is 9.50. The lowest BCUT2D eigenvalue weighted by molar-refractivity contribution is -0.152. The Morgan fingerprint density at radius 3 is 2.30 bits per heavy atom. The SMILES string of the molecule is CCCc1cc(OCCc2nc(-c3ccc(-c4ccccc4)cc3)oc2C)ccc1OC(C)(C)C(=O)O. The Labute approximate surface area is 217 Å². The van der Waals surface area contributed by atoms with Gasteiger partial charge >= 0.3 is 5.97 Å². The molecule has 6 nitrogen and oxygen atoms in total. The molecule has 3 aromatic carbocycles. The molecule has 0 radical (unpaired) electrons. The number of hydrogen-bond acceptors (Lipinski definition) is 5. The zero-order valence-corrected chi connectivity index (χ0v) is 21.8. The summed E-state index contributed by atoms with van der Waals surface area (Å²) in [5, 5.41) is 9.40. The number of ether oxygens (including phenoxy) is 2. The molecular weight excluding hydrogens is 466 g/mol. The number of hydrogen-bond donors (Lipinski definition) is 1. The van der Waals surface area contributed by atoms with Crippen molar-refractivity contribution in [3.8, 4) is 34.1 Å². The highest BCUT2D eigenvalue weighted by atomic mass is 16.5. The Hall–Kier alpha value is -4.06. The Morgan fingerprint density at radius 2 is 1.62 bits per heavy atom. The van der Waals surface area contributed by atoms with Crippen LogP contribution < -0.4 is 9.47 Å². The summed E-state index contributed by atoms with van der Waals surface area (Å²) in [5.41, 5.74) is 3.72. The largest absolute Gasteiger partial charge is 0.493 e. The first-order chi connectivity index (χ1) is 17.8. The van der Waals surface area contributed by atoms with Gasteiger partial charge in [0, 0.05) is 12.0 Å². The lowest BCUT2D eigenvalue weighted by Gasteiger charge is -2.23. The van der Waals surface area contributed by atoms with Crippen molar-refractivity contribution in [2.24, 2.45) is 0 Å². The number of nitrogens with zero attached hydrogens (tertiary/aromatic N) is 1. The van der Waals surface area contributed by atoms with E-state index in [1.54, 1.807) is 19.9 Å². The fraction of sp³-hybridized carbons (Fsp3) is 0.290. The molecule has 0 atom stereocenters. The van der Waals surface area contributed by atoms with E-state index in [0.717, 1.165) is 41.0 Å². The minimum Gasteiger partial charge on any atom is -0.493 e. The highest BCUT2D eigenvalue weighted by Gasteiger charge is 2.30. The molecule has 0 saturated heterocycles. The Bertz CT molecular complexity index is 1340. The Kier molecular flexibility index (Phi) is 7.97. The number of carboxylic acids is 1. The van der Waals surface area contributed by atoms with Gasteiger partial charge in [-0.25, -0.2) is 9.78 Å². The van der Waals surface area contributed by atoms with E-state index in [1.165, 1.54) is 5.56 Å². The molecule has 0 aliphatic rings. The number of oxazole rings is 1. The van der Waals surface area contributed by atoms with Gasteiger partial charge in [-0.2, -0.15) is 0 Å². The summed E-state index contributed by atoms with van der Waals surface area (Å²) >= 11 is 0. The molecule has 0 bridgehead atoms. The monoisotopic (exact) mass is 499 g/mol. The summed E-state index contributed by atoms with van der Waals surface area (Å²) in [7, 11) is 0. The normalized spacial score (nSPS) is 11.4. The fourth-order valence-electron chi connectivity index (χ4n) is 4.01. The number of rotatable bonds is 11. The van der Waals surface area contributed by atoms with Gasteiger partial charge < -0.3 is 19.0 Å². The molecule has 0 amide bonds. The second kappa shape index (κ2) is 11.3. The number of aryl methyl sites for hydroxylation is 2. The van der Waals surface area contributed by atoms with Crippen molar-refractivity contribution in [2.75, 3.05) is 6.61 Å². The maximum absolute atomic E-state index is 11.5. The lowest BCUT2D eigenvalue weighted by Crippen LogP contribution is -2.38. The van der Waals surface area contributed by atoms with Crippen LogP contribution in [0.3, 0.4) is 0 Å². The third-order valence-corrected chi connectivity index (χ3v) is 6.17. The summed E-state index contributed by atoms with van der Waals surface area (Å²) < 4.78 is 17.8. The molecule has 0 aliphatic heterocycles. The topological polar surface area (TPSA) is 81.8 Å². The summed E-state index contributed by atoms with van der Waals surface area (Å²) in [4.78, 5) is 16.2. The van der Waals surface area contributed by atoms with E-state index in [2.05, 4.69) is 31.2 Å². The molecule has 0 unspecified atom stereocenters. The summed E-state index contributed by atoms with van der Waals surface area (Å²) in [5.74, 6) is 1.64. The first-order valence-electron chi connectivity index (χ1n) is 12.6. The van der Waals surface area contributed by atoms with Gasteiger partial charge in [0.2, 0.25) is 5.89 Å². The van der Waals surface area contributed by atoms with Crippen LogP contribution in [0.4, 0.5) is 0 Å². The van der Waals surface area contributed by atoms with Gasteiger partial charge in [-0.3, -0.25) is 0 Å². The number of benzene rings is 3. The lowest BCUT2D eigenvalue weighted by atomic mass is 10.0. The minimum absolute atomic E-state index is 0.437. The third-order valence-electron chi connectivity index (χ3n) is 6.17. The van der Waals surface area contributed by atoms with Gasteiger partial charge in [0.1, 0.15) is 17.3 Å². The standard InChI is InChI=1S/C31H33NO5/c1-5-9-25-20-26(16-17-28(25)37-31(3,4)30(33)34)35-19-18-27-21(2)36-29(32-27)24-14-12-23(13-15-24)22-10-7-6-8-11-22/h6-8,10-17,20H,5,9,18-19H2,1-4H3,(H,33,34). The van der Waals surface area contributed by atoms with Gasteiger partial charge in [-0.05, 0) is 74.2 Å². The first-order valence-corrected chi connectivity index (χ1v) is 12.6. The van der Waals surface area contributed by atoms with Gasteiger partial charge in [0.25, 0.3) is 0 Å².